The van der Waals surface area contributed by atoms with Gasteiger partial charge in [0.15, 0.2) is 5.78 Å². The van der Waals surface area contributed by atoms with E-state index in [0.717, 1.165) is 58.2 Å². The van der Waals surface area contributed by atoms with Crippen molar-refractivity contribution in [3.05, 3.63) is 57.1 Å². The Balaban J connectivity index is 1.13. The van der Waals surface area contributed by atoms with Gasteiger partial charge in [0.25, 0.3) is 0 Å². The quantitative estimate of drug-likeness (QED) is 0.242. The number of benzene rings is 2. The molecule has 0 aliphatic carbocycles. The van der Waals surface area contributed by atoms with Gasteiger partial charge in [-0.2, -0.15) is 0 Å². The third-order valence-electron chi connectivity index (χ3n) is 5.52. The average Bonchev–Trinajstić information content (AvgIpc) is 3.25. The van der Waals surface area contributed by atoms with Gasteiger partial charge in [-0.3, -0.25) is 10.1 Å². The lowest BCUT2D eigenvalue weighted by molar-refractivity contribution is 0.0830. The van der Waals surface area contributed by atoms with Crippen molar-refractivity contribution in [2.24, 2.45) is 5.92 Å². The van der Waals surface area contributed by atoms with Crippen LogP contribution in [0.15, 0.2) is 48.0 Å². The lowest BCUT2D eigenvalue weighted by Gasteiger charge is -2.31. The van der Waals surface area contributed by atoms with E-state index in [1.165, 1.54) is 0 Å². The molecular formula is C23H24IN3O3S. The van der Waals surface area contributed by atoms with Crippen molar-refractivity contribution in [3.63, 3.8) is 0 Å². The predicted octanol–water partition coefficient (Wildman–Crippen LogP) is 5.43. The molecule has 4 rings (SSSR count). The number of halogens is 1. The van der Waals surface area contributed by atoms with Crippen LogP contribution in [-0.4, -0.2) is 48.0 Å². The highest BCUT2D eigenvalue weighted by atomic mass is 127. The van der Waals surface area contributed by atoms with E-state index in [1.807, 2.05) is 42.5 Å². The van der Waals surface area contributed by atoms with Crippen LogP contribution in [0.4, 0.5) is 10.5 Å². The van der Waals surface area contributed by atoms with Gasteiger partial charge in [-0.05, 0) is 85.3 Å². The van der Waals surface area contributed by atoms with Crippen LogP contribution < -0.4 is 5.32 Å². The van der Waals surface area contributed by atoms with Gasteiger partial charge in [-0.15, -0.1) is 11.3 Å². The molecule has 1 amide bonds. The first kappa shape index (κ1) is 22.2. The maximum absolute atomic E-state index is 12.7. The molecule has 3 aromatic rings. The van der Waals surface area contributed by atoms with E-state index >= 15 is 0 Å². The summed E-state index contributed by atoms with van der Waals surface area (Å²) < 4.78 is 7.53. The first-order valence-electron chi connectivity index (χ1n) is 10.4. The highest BCUT2D eigenvalue weighted by Crippen LogP contribution is 2.23. The summed E-state index contributed by atoms with van der Waals surface area (Å²) in [5.74, 6) is 0.361. The molecule has 0 bridgehead atoms. The first-order valence-corrected chi connectivity index (χ1v) is 12.3. The molecule has 1 aliphatic heterocycles. The molecule has 8 heteroatoms. The van der Waals surface area contributed by atoms with Gasteiger partial charge in [0, 0.05) is 27.3 Å². The number of thiazole rings is 1. The molecule has 0 atom stereocenters. The Bertz CT molecular complexity index is 1050. The number of carbonyl (C=O) groups excluding carboxylic acids is 2. The summed E-state index contributed by atoms with van der Waals surface area (Å²) in [4.78, 5) is 31.3. The number of likely N-dealkylation sites (tertiary alicyclic amines) is 1. The van der Waals surface area contributed by atoms with Crippen LogP contribution in [0.1, 0.15) is 29.6 Å². The van der Waals surface area contributed by atoms with E-state index in [2.05, 4.69) is 37.8 Å². The molecule has 31 heavy (non-hydrogen) atoms. The molecule has 1 aliphatic rings. The highest BCUT2D eigenvalue weighted by molar-refractivity contribution is 14.1. The van der Waals surface area contributed by atoms with Gasteiger partial charge >= 0.3 is 6.09 Å². The number of rotatable bonds is 7. The molecule has 162 valence electrons. The number of anilines is 1. The van der Waals surface area contributed by atoms with Crippen LogP contribution >= 0.6 is 33.9 Å². The number of hydrogen-bond donors (Lipinski definition) is 1. The SMILES string of the molecule is O=C(Nc1ccc2scnc2c1)OCCCN1CCC(C(=O)c2ccc(I)cc2)CC1. The third-order valence-corrected chi connectivity index (χ3v) is 7.04. The van der Waals surface area contributed by atoms with Crippen molar-refractivity contribution in [2.75, 3.05) is 31.6 Å². The summed E-state index contributed by atoms with van der Waals surface area (Å²) >= 11 is 3.82. The van der Waals surface area contributed by atoms with Gasteiger partial charge in [0.05, 0.1) is 22.3 Å². The summed E-state index contributed by atoms with van der Waals surface area (Å²) in [6.45, 7) is 3.04. The number of aromatic nitrogens is 1. The van der Waals surface area contributed by atoms with Crippen molar-refractivity contribution in [1.82, 2.24) is 9.88 Å². The first-order chi connectivity index (χ1) is 15.1. The number of nitrogens with one attached hydrogen (secondary N) is 1. The molecular weight excluding hydrogens is 525 g/mol. The molecule has 1 aromatic heterocycles. The Morgan fingerprint density at radius 1 is 1.16 bits per heavy atom. The van der Waals surface area contributed by atoms with Crippen molar-refractivity contribution in [2.45, 2.75) is 19.3 Å². The number of ketones is 1. The molecule has 6 nitrogen and oxygen atoms in total. The smallest absolute Gasteiger partial charge is 0.411 e. The van der Waals surface area contributed by atoms with Crippen LogP contribution in [0.5, 0.6) is 0 Å². The van der Waals surface area contributed by atoms with Crippen LogP contribution in [-0.2, 0) is 4.74 Å². The molecule has 1 fully saturated rings. The average molecular weight is 549 g/mol. The second-order valence-electron chi connectivity index (χ2n) is 7.64. The van der Waals surface area contributed by atoms with Crippen molar-refractivity contribution < 1.29 is 14.3 Å². The predicted molar refractivity (Wildman–Crippen MR) is 132 cm³/mol. The standard InChI is InChI=1S/C23H24IN3O3S/c24-18-4-2-16(3-5-18)22(28)17-8-11-27(12-9-17)10-1-13-30-23(29)26-19-6-7-21-20(14-19)25-15-31-21/h2-7,14-15,17H,1,8-13H2,(H,26,29). The second-order valence-corrected chi connectivity index (χ2v) is 9.77. The van der Waals surface area contributed by atoms with Crippen LogP contribution in [0.25, 0.3) is 10.2 Å². The summed E-state index contributed by atoms with van der Waals surface area (Å²) in [6, 6.07) is 13.4. The number of fused-ring (bicyclic) bond motifs is 1. The van der Waals surface area contributed by atoms with Gasteiger partial charge in [-0.25, -0.2) is 9.78 Å². The molecule has 1 N–H and O–H groups in total. The Morgan fingerprint density at radius 3 is 2.71 bits per heavy atom. The van der Waals surface area contributed by atoms with E-state index in [4.69, 9.17) is 4.74 Å². The van der Waals surface area contributed by atoms with Gasteiger partial charge in [0.1, 0.15) is 0 Å². The zero-order valence-corrected chi connectivity index (χ0v) is 20.0. The number of nitrogens with zero attached hydrogens (tertiary/aromatic N) is 2. The van der Waals surface area contributed by atoms with Crippen molar-refractivity contribution in [3.8, 4) is 0 Å². The lowest BCUT2D eigenvalue weighted by Crippen LogP contribution is -2.37. The number of ether oxygens (including phenoxy) is 1. The molecule has 2 heterocycles. The van der Waals surface area contributed by atoms with E-state index in [1.54, 1.807) is 16.8 Å². The van der Waals surface area contributed by atoms with Gasteiger partial charge in [-0.1, -0.05) is 12.1 Å². The van der Waals surface area contributed by atoms with Crippen molar-refractivity contribution >= 4 is 61.7 Å². The lowest BCUT2D eigenvalue weighted by atomic mass is 9.89. The minimum Gasteiger partial charge on any atom is -0.449 e. The fourth-order valence-electron chi connectivity index (χ4n) is 3.81. The third kappa shape index (κ3) is 6.02. The molecule has 0 unspecified atom stereocenters. The number of carbonyl (C=O) groups is 2. The Morgan fingerprint density at radius 2 is 1.94 bits per heavy atom. The van der Waals surface area contributed by atoms with Crippen LogP contribution in [0.3, 0.4) is 0 Å². The largest absolute Gasteiger partial charge is 0.449 e. The minimum atomic E-state index is -0.448. The highest BCUT2D eigenvalue weighted by Gasteiger charge is 2.25. The van der Waals surface area contributed by atoms with Crippen LogP contribution in [0, 0.1) is 9.49 Å². The number of Topliss-reactive ketones (excluding diaryl/α,β-unsaturated/α-hetero) is 1. The molecule has 1 saturated heterocycles. The summed E-state index contributed by atoms with van der Waals surface area (Å²) in [6.07, 6.45) is 2.08. The Kier molecular flexibility index (Phi) is 7.52. The van der Waals surface area contributed by atoms with Gasteiger partial charge < -0.3 is 9.64 Å². The van der Waals surface area contributed by atoms with E-state index in [0.29, 0.717) is 12.3 Å². The van der Waals surface area contributed by atoms with Crippen molar-refractivity contribution in [1.29, 1.82) is 0 Å². The molecule has 2 aromatic carbocycles. The topological polar surface area (TPSA) is 71.5 Å². The van der Waals surface area contributed by atoms with E-state index in [-0.39, 0.29) is 11.7 Å². The fourth-order valence-corrected chi connectivity index (χ4v) is 4.83. The monoisotopic (exact) mass is 549 g/mol. The minimum absolute atomic E-state index is 0.105. The van der Waals surface area contributed by atoms with Crippen LogP contribution in [0.2, 0.25) is 0 Å². The number of piperidine rings is 1. The Labute approximate surface area is 199 Å². The maximum atomic E-state index is 12.7. The van der Waals surface area contributed by atoms with E-state index < -0.39 is 6.09 Å². The number of hydrogen-bond acceptors (Lipinski definition) is 6. The maximum Gasteiger partial charge on any atom is 0.411 e. The summed E-state index contributed by atoms with van der Waals surface area (Å²) in [5, 5.41) is 2.75. The molecule has 0 spiro atoms. The summed E-state index contributed by atoms with van der Waals surface area (Å²) in [5.41, 5.74) is 4.15. The molecule has 0 radical (unpaired) electrons. The Hall–Kier alpha value is -2.04. The summed E-state index contributed by atoms with van der Waals surface area (Å²) in [7, 11) is 0. The van der Waals surface area contributed by atoms with Gasteiger partial charge in [0.2, 0.25) is 0 Å². The number of amides is 1. The molecule has 0 saturated carbocycles. The fraction of sp³-hybridized carbons (Fsp3) is 0.348. The normalized spacial score (nSPS) is 15.1. The van der Waals surface area contributed by atoms with E-state index in [9.17, 15) is 9.59 Å². The second kappa shape index (κ2) is 10.5. The zero-order valence-electron chi connectivity index (χ0n) is 17.1. The zero-order chi connectivity index (χ0) is 21.6.